The Kier molecular flexibility index (Phi) is 3.69. The molecule has 0 aromatic heterocycles. The first kappa shape index (κ1) is 13.1. The second-order valence-electron chi connectivity index (χ2n) is 4.50. The van der Waals surface area contributed by atoms with Crippen LogP contribution in [0.4, 0.5) is 4.39 Å². The lowest BCUT2D eigenvalue weighted by atomic mass is 9.96. The fourth-order valence-electron chi connectivity index (χ4n) is 2.02. The molecule has 2 N–H and O–H groups in total. The van der Waals surface area contributed by atoms with Gasteiger partial charge in [0.25, 0.3) is 0 Å². The van der Waals surface area contributed by atoms with Crippen molar-refractivity contribution in [3.8, 4) is 0 Å². The molecule has 0 radical (unpaired) electrons. The molecule has 0 spiro atoms. The summed E-state index contributed by atoms with van der Waals surface area (Å²) in [6, 6.07) is 10.7. The normalized spacial score (nSPS) is 12.5. The van der Waals surface area contributed by atoms with E-state index in [1.807, 2.05) is 12.1 Å². The molecule has 0 saturated carbocycles. The average molecular weight is 264 g/mol. The molecule has 2 rings (SSSR count). The van der Waals surface area contributed by atoms with Gasteiger partial charge in [0.1, 0.15) is 5.82 Å². The van der Waals surface area contributed by atoms with Gasteiger partial charge in [0, 0.05) is 5.02 Å². The minimum Gasteiger partial charge on any atom is -0.320 e. The van der Waals surface area contributed by atoms with E-state index in [4.69, 9.17) is 17.3 Å². The van der Waals surface area contributed by atoms with Crippen molar-refractivity contribution in [3.05, 3.63) is 69.5 Å². The number of halogens is 2. The van der Waals surface area contributed by atoms with Crippen LogP contribution in [0.2, 0.25) is 5.02 Å². The van der Waals surface area contributed by atoms with Gasteiger partial charge >= 0.3 is 0 Å². The van der Waals surface area contributed by atoms with Crippen LogP contribution < -0.4 is 5.73 Å². The zero-order valence-electron chi connectivity index (χ0n) is 10.4. The zero-order chi connectivity index (χ0) is 13.3. The Labute approximate surface area is 111 Å². The molecule has 0 aliphatic rings. The van der Waals surface area contributed by atoms with E-state index in [1.165, 1.54) is 0 Å². The quantitative estimate of drug-likeness (QED) is 0.866. The van der Waals surface area contributed by atoms with Gasteiger partial charge in [0.05, 0.1) is 6.04 Å². The molecule has 3 heteroatoms. The number of hydrogen-bond donors (Lipinski definition) is 1. The van der Waals surface area contributed by atoms with Gasteiger partial charge in [-0.05, 0) is 48.2 Å². The van der Waals surface area contributed by atoms with Gasteiger partial charge in [0.2, 0.25) is 0 Å². The van der Waals surface area contributed by atoms with E-state index in [-0.39, 0.29) is 11.9 Å². The second-order valence-corrected chi connectivity index (χ2v) is 4.93. The van der Waals surface area contributed by atoms with Crippen molar-refractivity contribution in [1.82, 2.24) is 0 Å². The summed E-state index contributed by atoms with van der Waals surface area (Å²) in [6.45, 7) is 3.50. The fraction of sp³-hybridized carbons (Fsp3) is 0.200. The molecule has 1 atom stereocenters. The van der Waals surface area contributed by atoms with Gasteiger partial charge < -0.3 is 5.73 Å². The summed E-state index contributed by atoms with van der Waals surface area (Å²) in [6.07, 6.45) is 0. The molecule has 2 aromatic rings. The topological polar surface area (TPSA) is 26.0 Å². The highest BCUT2D eigenvalue weighted by Gasteiger charge is 2.12. The maximum Gasteiger partial charge on any atom is 0.129 e. The summed E-state index contributed by atoms with van der Waals surface area (Å²) in [4.78, 5) is 0. The first-order chi connectivity index (χ1) is 8.49. The number of benzene rings is 2. The summed E-state index contributed by atoms with van der Waals surface area (Å²) in [7, 11) is 0. The lowest BCUT2D eigenvalue weighted by Crippen LogP contribution is -2.12. The first-order valence-corrected chi connectivity index (χ1v) is 6.14. The molecule has 0 bridgehead atoms. The number of aryl methyl sites for hydroxylation is 2. The van der Waals surface area contributed by atoms with Crippen LogP contribution in [0, 0.1) is 19.7 Å². The van der Waals surface area contributed by atoms with Crippen molar-refractivity contribution in [1.29, 1.82) is 0 Å². The Balaban J connectivity index is 2.39. The van der Waals surface area contributed by atoms with Crippen LogP contribution in [0.1, 0.15) is 28.3 Å². The van der Waals surface area contributed by atoms with Crippen molar-refractivity contribution < 1.29 is 4.39 Å². The Morgan fingerprint density at radius 2 is 1.50 bits per heavy atom. The van der Waals surface area contributed by atoms with Crippen molar-refractivity contribution in [3.63, 3.8) is 0 Å². The minimum absolute atomic E-state index is 0.165. The van der Waals surface area contributed by atoms with Crippen LogP contribution in [0.15, 0.2) is 36.4 Å². The summed E-state index contributed by atoms with van der Waals surface area (Å²) < 4.78 is 13.6. The first-order valence-electron chi connectivity index (χ1n) is 5.76. The van der Waals surface area contributed by atoms with Gasteiger partial charge in [-0.25, -0.2) is 4.39 Å². The third-order valence-corrected chi connectivity index (χ3v) is 3.30. The predicted octanol–water partition coefficient (Wildman–Crippen LogP) is 4.14. The molecule has 94 valence electrons. The van der Waals surface area contributed by atoms with Crippen LogP contribution in [-0.2, 0) is 0 Å². The fourth-order valence-corrected chi connectivity index (χ4v) is 2.15. The molecule has 0 saturated heterocycles. The molecular weight excluding hydrogens is 249 g/mol. The van der Waals surface area contributed by atoms with Crippen LogP contribution in [-0.4, -0.2) is 0 Å². The van der Waals surface area contributed by atoms with Crippen molar-refractivity contribution in [2.75, 3.05) is 0 Å². The van der Waals surface area contributed by atoms with E-state index in [1.54, 1.807) is 38.1 Å². The third-order valence-electron chi connectivity index (χ3n) is 3.05. The molecule has 0 fully saturated rings. The van der Waals surface area contributed by atoms with Gasteiger partial charge in [-0.2, -0.15) is 0 Å². The predicted molar refractivity (Wildman–Crippen MR) is 73.4 cm³/mol. The molecule has 1 nitrogen and oxygen atoms in total. The molecule has 0 heterocycles. The van der Waals surface area contributed by atoms with Crippen molar-refractivity contribution in [2.45, 2.75) is 19.9 Å². The molecular formula is C15H15ClFN. The monoisotopic (exact) mass is 263 g/mol. The Hall–Kier alpha value is -1.38. The molecule has 0 aliphatic heterocycles. The van der Waals surface area contributed by atoms with E-state index < -0.39 is 0 Å². The lowest BCUT2D eigenvalue weighted by molar-refractivity contribution is 0.607. The maximum absolute atomic E-state index is 13.6. The molecule has 18 heavy (non-hydrogen) atoms. The van der Waals surface area contributed by atoms with Crippen LogP contribution in [0.25, 0.3) is 0 Å². The lowest BCUT2D eigenvalue weighted by Gasteiger charge is -2.15. The Bertz CT molecular complexity index is 540. The Morgan fingerprint density at radius 3 is 2.00 bits per heavy atom. The maximum atomic E-state index is 13.6. The van der Waals surface area contributed by atoms with Crippen LogP contribution >= 0.6 is 11.6 Å². The van der Waals surface area contributed by atoms with Crippen molar-refractivity contribution in [2.24, 2.45) is 5.73 Å². The van der Waals surface area contributed by atoms with E-state index >= 15 is 0 Å². The second kappa shape index (κ2) is 5.09. The molecule has 0 amide bonds. The highest BCUT2D eigenvalue weighted by atomic mass is 35.5. The SMILES string of the molecule is Cc1cc(C(N)c2ccc(Cl)cc2)cc(C)c1F. The van der Waals surface area contributed by atoms with Gasteiger partial charge in [0.15, 0.2) is 0 Å². The zero-order valence-corrected chi connectivity index (χ0v) is 11.1. The van der Waals surface area contributed by atoms with E-state index in [9.17, 15) is 4.39 Å². The third kappa shape index (κ3) is 2.55. The average Bonchev–Trinajstić information content (AvgIpc) is 2.35. The number of hydrogen-bond acceptors (Lipinski definition) is 1. The van der Waals surface area contributed by atoms with Gasteiger partial charge in [-0.3, -0.25) is 0 Å². The summed E-state index contributed by atoms with van der Waals surface area (Å²) in [5.41, 5.74) is 9.30. The van der Waals surface area contributed by atoms with Gasteiger partial charge in [-0.1, -0.05) is 35.9 Å². The minimum atomic E-state index is -0.264. The van der Waals surface area contributed by atoms with E-state index in [2.05, 4.69) is 0 Å². The molecule has 2 aromatic carbocycles. The van der Waals surface area contributed by atoms with Gasteiger partial charge in [-0.15, -0.1) is 0 Å². The van der Waals surface area contributed by atoms with E-state index in [0.717, 1.165) is 11.1 Å². The standard InChI is InChI=1S/C15H15ClFN/c1-9-7-12(8-10(2)14(9)17)15(18)11-3-5-13(16)6-4-11/h3-8,15H,18H2,1-2H3. The summed E-state index contributed by atoms with van der Waals surface area (Å²) >= 11 is 5.84. The summed E-state index contributed by atoms with van der Waals surface area (Å²) in [5.74, 6) is -0.165. The summed E-state index contributed by atoms with van der Waals surface area (Å²) in [5, 5.41) is 0.678. The Morgan fingerprint density at radius 1 is 1.00 bits per heavy atom. The molecule has 1 unspecified atom stereocenters. The van der Waals surface area contributed by atoms with Crippen LogP contribution in [0.5, 0.6) is 0 Å². The van der Waals surface area contributed by atoms with Crippen LogP contribution in [0.3, 0.4) is 0 Å². The highest BCUT2D eigenvalue weighted by Crippen LogP contribution is 2.24. The highest BCUT2D eigenvalue weighted by molar-refractivity contribution is 6.30. The number of nitrogens with two attached hydrogens (primary N) is 1. The number of rotatable bonds is 2. The molecule has 0 aliphatic carbocycles. The van der Waals surface area contributed by atoms with E-state index in [0.29, 0.717) is 16.1 Å². The smallest absolute Gasteiger partial charge is 0.129 e. The van der Waals surface area contributed by atoms with Crippen molar-refractivity contribution >= 4 is 11.6 Å². The largest absolute Gasteiger partial charge is 0.320 e.